The molecule has 0 aliphatic carbocycles. The molecule has 2 heterocycles. The second kappa shape index (κ2) is 7.08. The number of fused-ring (bicyclic) bond motifs is 1. The van der Waals surface area contributed by atoms with Crippen LogP contribution in [0.3, 0.4) is 0 Å². The number of benzene rings is 2. The Hall–Kier alpha value is -2.63. The number of imide groups is 1. The molecule has 2 aliphatic heterocycles. The quantitative estimate of drug-likeness (QED) is 0.681. The zero-order chi connectivity index (χ0) is 20.0. The van der Waals surface area contributed by atoms with E-state index in [1.165, 1.54) is 6.92 Å². The zero-order valence-corrected chi connectivity index (χ0v) is 16.5. The molecule has 0 aromatic heterocycles. The highest BCUT2D eigenvalue weighted by molar-refractivity contribution is 6.60. The molecule has 2 aliphatic rings. The smallest absolute Gasteiger partial charge is 0.267 e. The van der Waals surface area contributed by atoms with E-state index in [-0.39, 0.29) is 16.5 Å². The van der Waals surface area contributed by atoms with Crippen molar-refractivity contribution in [2.24, 2.45) is 0 Å². The predicted octanol–water partition coefficient (Wildman–Crippen LogP) is 4.47. The van der Waals surface area contributed by atoms with Gasteiger partial charge in [-0.1, -0.05) is 41.4 Å². The minimum absolute atomic E-state index is 0.103. The van der Waals surface area contributed by atoms with Crippen molar-refractivity contribution < 1.29 is 14.4 Å². The van der Waals surface area contributed by atoms with E-state index in [1.807, 2.05) is 12.1 Å². The fraction of sp³-hybridized carbons (Fsp3) is 0.190. The molecular weight excluding hydrogens is 399 g/mol. The summed E-state index contributed by atoms with van der Waals surface area (Å²) < 4.78 is 0. The average molecular weight is 415 g/mol. The van der Waals surface area contributed by atoms with E-state index in [0.717, 1.165) is 17.0 Å². The van der Waals surface area contributed by atoms with Gasteiger partial charge in [0.25, 0.3) is 5.91 Å². The van der Waals surface area contributed by atoms with Crippen molar-refractivity contribution in [2.75, 3.05) is 16.3 Å². The summed E-state index contributed by atoms with van der Waals surface area (Å²) in [5, 5.41) is 0.673. The maximum atomic E-state index is 12.9. The van der Waals surface area contributed by atoms with Gasteiger partial charge in [-0.15, -0.1) is 0 Å². The van der Waals surface area contributed by atoms with Crippen LogP contribution in [0.1, 0.15) is 30.9 Å². The van der Waals surface area contributed by atoms with Gasteiger partial charge in [0.15, 0.2) is 0 Å². The van der Waals surface area contributed by atoms with Crippen LogP contribution in [0, 0.1) is 0 Å². The average Bonchev–Trinajstić information content (AvgIpc) is 3.21. The lowest BCUT2D eigenvalue weighted by atomic mass is 10.0. The molecule has 0 saturated carbocycles. The first-order valence-corrected chi connectivity index (χ1v) is 9.59. The SMILES string of the molecule is CC(=O)N1C(=O)/C(=C(/Cl)c2ccc(N3CCCC3=O)cc2)c2ccc(Cl)cc21. The highest BCUT2D eigenvalue weighted by atomic mass is 35.5. The molecule has 3 amide bonds. The summed E-state index contributed by atoms with van der Waals surface area (Å²) >= 11 is 12.6. The highest BCUT2D eigenvalue weighted by Gasteiger charge is 2.37. The molecule has 5 nitrogen and oxygen atoms in total. The third-order valence-electron chi connectivity index (χ3n) is 4.93. The lowest BCUT2D eigenvalue weighted by molar-refractivity contribution is -0.122. The Balaban J connectivity index is 1.77. The fourth-order valence-corrected chi connectivity index (χ4v) is 4.09. The van der Waals surface area contributed by atoms with Crippen LogP contribution in [0.5, 0.6) is 0 Å². The first kappa shape index (κ1) is 18.7. The molecular formula is C21H16Cl2N2O3. The van der Waals surface area contributed by atoms with Gasteiger partial charge >= 0.3 is 0 Å². The number of nitrogens with zero attached hydrogens (tertiary/aromatic N) is 2. The molecule has 1 saturated heterocycles. The Morgan fingerprint density at radius 2 is 1.79 bits per heavy atom. The number of anilines is 2. The van der Waals surface area contributed by atoms with Crippen molar-refractivity contribution in [1.29, 1.82) is 0 Å². The molecule has 2 aromatic carbocycles. The van der Waals surface area contributed by atoms with E-state index in [4.69, 9.17) is 23.2 Å². The highest BCUT2D eigenvalue weighted by Crippen LogP contribution is 2.43. The van der Waals surface area contributed by atoms with Gasteiger partial charge < -0.3 is 4.90 Å². The summed E-state index contributed by atoms with van der Waals surface area (Å²) in [5.41, 5.74) is 2.68. The largest absolute Gasteiger partial charge is 0.312 e. The van der Waals surface area contributed by atoms with Crippen molar-refractivity contribution in [3.63, 3.8) is 0 Å². The number of hydrogen-bond donors (Lipinski definition) is 0. The van der Waals surface area contributed by atoms with E-state index < -0.39 is 11.8 Å². The Labute approximate surface area is 172 Å². The molecule has 1 fully saturated rings. The number of rotatable bonds is 2. The summed E-state index contributed by atoms with van der Waals surface area (Å²) in [4.78, 5) is 39.7. The van der Waals surface area contributed by atoms with Gasteiger partial charge in [-0.3, -0.25) is 14.4 Å². The second-order valence-electron chi connectivity index (χ2n) is 6.71. The van der Waals surface area contributed by atoms with E-state index in [9.17, 15) is 14.4 Å². The number of hydrogen-bond acceptors (Lipinski definition) is 3. The molecule has 0 bridgehead atoms. The van der Waals surface area contributed by atoms with Gasteiger partial charge in [0.05, 0.1) is 16.3 Å². The van der Waals surface area contributed by atoms with Crippen LogP contribution in [-0.2, 0) is 14.4 Å². The molecule has 2 aromatic rings. The van der Waals surface area contributed by atoms with Gasteiger partial charge in [-0.2, -0.15) is 0 Å². The van der Waals surface area contributed by atoms with Gasteiger partial charge in [0.1, 0.15) is 0 Å². The first-order chi connectivity index (χ1) is 13.4. The number of halogens is 2. The lowest BCUT2D eigenvalue weighted by Gasteiger charge is -2.16. The Bertz CT molecular complexity index is 1040. The van der Waals surface area contributed by atoms with E-state index in [0.29, 0.717) is 34.8 Å². The third kappa shape index (κ3) is 3.01. The summed E-state index contributed by atoms with van der Waals surface area (Å²) in [5.74, 6) is -0.782. The van der Waals surface area contributed by atoms with Gasteiger partial charge in [0.2, 0.25) is 11.8 Å². The zero-order valence-electron chi connectivity index (χ0n) is 15.0. The molecule has 0 unspecified atom stereocenters. The predicted molar refractivity (Wildman–Crippen MR) is 110 cm³/mol. The van der Waals surface area contributed by atoms with E-state index >= 15 is 0 Å². The first-order valence-electron chi connectivity index (χ1n) is 8.84. The Morgan fingerprint density at radius 1 is 1.07 bits per heavy atom. The maximum absolute atomic E-state index is 12.9. The molecule has 4 rings (SSSR count). The van der Waals surface area contributed by atoms with Crippen molar-refractivity contribution in [1.82, 2.24) is 0 Å². The summed E-state index contributed by atoms with van der Waals surface area (Å²) in [6.45, 7) is 2.02. The second-order valence-corrected chi connectivity index (χ2v) is 7.52. The molecule has 7 heteroatoms. The topological polar surface area (TPSA) is 57.7 Å². The van der Waals surface area contributed by atoms with Gasteiger partial charge in [0, 0.05) is 36.2 Å². The van der Waals surface area contributed by atoms with Crippen LogP contribution in [0.15, 0.2) is 42.5 Å². The van der Waals surface area contributed by atoms with Crippen molar-refractivity contribution in [3.8, 4) is 0 Å². The molecule has 0 radical (unpaired) electrons. The monoisotopic (exact) mass is 414 g/mol. The number of carbonyl (C=O) groups excluding carboxylic acids is 3. The molecule has 0 N–H and O–H groups in total. The van der Waals surface area contributed by atoms with Crippen LogP contribution in [0.4, 0.5) is 11.4 Å². The number of amides is 3. The van der Waals surface area contributed by atoms with Crippen molar-refractivity contribution >= 4 is 62.9 Å². The van der Waals surface area contributed by atoms with Crippen LogP contribution in [0.2, 0.25) is 5.02 Å². The Kier molecular flexibility index (Phi) is 4.73. The minimum Gasteiger partial charge on any atom is -0.312 e. The minimum atomic E-state index is -0.478. The summed E-state index contributed by atoms with van der Waals surface area (Å²) in [6.07, 6.45) is 1.40. The summed E-state index contributed by atoms with van der Waals surface area (Å²) in [6, 6.07) is 12.1. The standard InChI is InChI=1S/C21H16Cl2N2O3/c1-12(26)25-17-11-14(22)6-9-16(17)19(21(25)28)20(23)13-4-7-15(8-5-13)24-10-2-3-18(24)27/h4-9,11H,2-3,10H2,1H3/b20-19+. The van der Waals surface area contributed by atoms with Crippen LogP contribution < -0.4 is 9.80 Å². The third-order valence-corrected chi connectivity index (χ3v) is 5.57. The van der Waals surface area contributed by atoms with Crippen molar-refractivity contribution in [2.45, 2.75) is 19.8 Å². The molecule has 28 heavy (non-hydrogen) atoms. The van der Waals surface area contributed by atoms with Crippen molar-refractivity contribution in [3.05, 3.63) is 58.6 Å². The van der Waals surface area contributed by atoms with Crippen LogP contribution >= 0.6 is 23.2 Å². The molecule has 0 atom stereocenters. The molecule has 142 valence electrons. The fourth-order valence-electron chi connectivity index (χ4n) is 3.62. The summed E-state index contributed by atoms with van der Waals surface area (Å²) in [7, 11) is 0. The van der Waals surface area contributed by atoms with Gasteiger partial charge in [-0.05, 0) is 36.2 Å². The van der Waals surface area contributed by atoms with E-state index in [2.05, 4.69) is 0 Å². The van der Waals surface area contributed by atoms with Gasteiger partial charge in [-0.25, -0.2) is 4.90 Å². The van der Waals surface area contributed by atoms with Crippen LogP contribution in [-0.4, -0.2) is 24.3 Å². The van der Waals surface area contributed by atoms with E-state index in [1.54, 1.807) is 35.2 Å². The molecule has 0 spiro atoms. The maximum Gasteiger partial charge on any atom is 0.267 e. The Morgan fingerprint density at radius 3 is 2.39 bits per heavy atom. The lowest BCUT2D eigenvalue weighted by Crippen LogP contribution is -2.31. The van der Waals surface area contributed by atoms with Crippen LogP contribution in [0.25, 0.3) is 10.6 Å². The normalized spacial score (nSPS) is 18.0. The number of carbonyl (C=O) groups is 3.